The fraction of sp³-hybridized carbons (Fsp3) is 0.406. The number of carbonyl (C=O) groups is 3. The van der Waals surface area contributed by atoms with E-state index in [0.29, 0.717) is 32.2 Å². The van der Waals surface area contributed by atoms with Gasteiger partial charge in [0.1, 0.15) is 12.4 Å². The Bertz CT molecular complexity index is 1090. The van der Waals surface area contributed by atoms with Gasteiger partial charge >= 0.3 is 5.97 Å². The van der Waals surface area contributed by atoms with E-state index in [4.69, 9.17) is 4.74 Å². The van der Waals surface area contributed by atoms with E-state index < -0.39 is 23.8 Å². The van der Waals surface area contributed by atoms with Crippen molar-refractivity contribution < 1.29 is 28.6 Å². The molecule has 0 aliphatic carbocycles. The summed E-state index contributed by atoms with van der Waals surface area (Å²) in [6, 6.07) is 15.0. The van der Waals surface area contributed by atoms with Gasteiger partial charge in [0.25, 0.3) is 0 Å². The van der Waals surface area contributed by atoms with E-state index in [1.54, 1.807) is 31.2 Å². The molecular formula is C32H41FN2O5. The Morgan fingerprint density at radius 2 is 1.73 bits per heavy atom. The third-order valence-corrected chi connectivity index (χ3v) is 6.49. The number of hydrogen-bond donors (Lipinski definition) is 2. The van der Waals surface area contributed by atoms with Gasteiger partial charge in [-0.3, -0.25) is 14.4 Å². The van der Waals surface area contributed by atoms with Crippen LogP contribution in [0.1, 0.15) is 43.7 Å². The highest BCUT2D eigenvalue weighted by Gasteiger charge is 2.26. The van der Waals surface area contributed by atoms with Crippen molar-refractivity contribution in [3.05, 3.63) is 96.9 Å². The summed E-state index contributed by atoms with van der Waals surface area (Å²) in [5.74, 6) is -2.41. The Morgan fingerprint density at radius 1 is 1.02 bits per heavy atom. The predicted molar refractivity (Wildman–Crippen MR) is 153 cm³/mol. The molecule has 0 aliphatic rings. The minimum Gasteiger partial charge on any atom is -0.463 e. The third kappa shape index (κ3) is 11.5. The molecule has 40 heavy (non-hydrogen) atoms. The average molecular weight is 553 g/mol. The maximum absolute atomic E-state index is 13.3. The smallest absolute Gasteiger partial charge is 0.309 e. The highest BCUT2D eigenvalue weighted by Crippen LogP contribution is 2.18. The molecule has 0 aliphatic heterocycles. The van der Waals surface area contributed by atoms with Crippen molar-refractivity contribution >= 4 is 17.8 Å². The van der Waals surface area contributed by atoms with Gasteiger partial charge in [0.15, 0.2) is 0 Å². The number of aliphatic hydroxyl groups is 1. The third-order valence-electron chi connectivity index (χ3n) is 6.49. The Hall–Kier alpha value is -3.78. The fourth-order valence-electron chi connectivity index (χ4n) is 4.30. The number of aliphatic hydroxyl groups excluding tert-OH is 1. The molecule has 0 saturated carbocycles. The molecule has 7 nitrogen and oxygen atoms in total. The lowest BCUT2D eigenvalue weighted by atomic mass is 9.95. The monoisotopic (exact) mass is 552 g/mol. The Labute approximate surface area is 236 Å². The second-order valence-corrected chi connectivity index (χ2v) is 9.88. The van der Waals surface area contributed by atoms with Gasteiger partial charge in [0.05, 0.1) is 24.5 Å². The van der Waals surface area contributed by atoms with Crippen LogP contribution < -0.4 is 5.32 Å². The topological polar surface area (TPSA) is 95.9 Å². The van der Waals surface area contributed by atoms with Crippen molar-refractivity contribution in [1.82, 2.24) is 10.2 Å². The lowest BCUT2D eigenvalue weighted by Crippen LogP contribution is -2.42. The van der Waals surface area contributed by atoms with Crippen LogP contribution in [0.3, 0.4) is 0 Å². The van der Waals surface area contributed by atoms with Crippen LogP contribution in [0, 0.1) is 17.7 Å². The molecule has 2 aromatic carbocycles. The SMILES string of the molecule is C=CCC[C@H](Cc1ccc(F)cc1)C(=O)OC[C@@H](C)NC(=O)[C@H](CC=C)CC(=O)N(CCO)Cc1ccccc1. The highest BCUT2D eigenvalue weighted by atomic mass is 19.1. The standard InChI is InChI=1S/C32H41FN2O5/c1-4-6-13-28(20-25-14-16-29(33)17-15-25)32(39)40-23-24(3)34-31(38)27(10-5-2)21-30(37)35(18-19-36)22-26-11-8-7-9-12-26/h4-5,7-9,11-12,14-17,24,27-28,36H,1-2,6,10,13,18-23H2,3H3,(H,34,38)/t24-,27-,28-/m1/s1. The molecule has 0 heterocycles. The van der Waals surface area contributed by atoms with Gasteiger partial charge in [0.2, 0.25) is 11.8 Å². The first kappa shape index (κ1) is 32.4. The Morgan fingerprint density at radius 3 is 2.35 bits per heavy atom. The van der Waals surface area contributed by atoms with Gasteiger partial charge in [0, 0.05) is 19.5 Å². The number of hydrogen-bond acceptors (Lipinski definition) is 5. The minimum atomic E-state index is -0.654. The van der Waals surface area contributed by atoms with Crippen LogP contribution in [0.15, 0.2) is 79.9 Å². The molecule has 3 atom stereocenters. The minimum absolute atomic E-state index is 0.0298. The van der Waals surface area contributed by atoms with Gasteiger partial charge in [-0.15, -0.1) is 13.2 Å². The van der Waals surface area contributed by atoms with Gasteiger partial charge in [-0.1, -0.05) is 54.6 Å². The zero-order valence-corrected chi connectivity index (χ0v) is 23.3. The van der Waals surface area contributed by atoms with Crippen LogP contribution in [0.4, 0.5) is 4.39 Å². The maximum Gasteiger partial charge on any atom is 0.309 e. The average Bonchev–Trinajstić information content (AvgIpc) is 2.95. The van der Waals surface area contributed by atoms with E-state index in [0.717, 1.165) is 11.1 Å². The molecule has 2 rings (SSSR count). The number of benzene rings is 2. The first-order valence-electron chi connectivity index (χ1n) is 13.6. The number of nitrogens with zero attached hydrogens (tertiary/aromatic N) is 1. The van der Waals surface area contributed by atoms with E-state index >= 15 is 0 Å². The van der Waals surface area contributed by atoms with Crippen molar-refractivity contribution in [2.24, 2.45) is 11.8 Å². The van der Waals surface area contributed by atoms with Gasteiger partial charge in [-0.05, 0) is 55.9 Å². The molecule has 2 amide bonds. The molecule has 0 radical (unpaired) electrons. The molecule has 216 valence electrons. The number of amides is 2. The zero-order valence-electron chi connectivity index (χ0n) is 23.3. The second-order valence-electron chi connectivity index (χ2n) is 9.88. The molecule has 0 aromatic heterocycles. The van der Waals surface area contributed by atoms with Crippen molar-refractivity contribution in [2.45, 2.75) is 51.6 Å². The van der Waals surface area contributed by atoms with E-state index in [9.17, 15) is 23.9 Å². The number of allylic oxidation sites excluding steroid dienone is 2. The van der Waals surface area contributed by atoms with Crippen LogP contribution in [-0.4, -0.2) is 53.6 Å². The van der Waals surface area contributed by atoms with Crippen molar-refractivity contribution in [3.8, 4) is 0 Å². The van der Waals surface area contributed by atoms with E-state index in [-0.39, 0.29) is 43.8 Å². The van der Waals surface area contributed by atoms with Gasteiger partial charge in [-0.25, -0.2) is 4.39 Å². The summed E-state index contributed by atoms with van der Waals surface area (Å²) in [6.07, 6.45) is 5.15. The van der Waals surface area contributed by atoms with Gasteiger partial charge < -0.3 is 20.1 Å². The molecule has 2 N–H and O–H groups in total. The predicted octanol–water partition coefficient (Wildman–Crippen LogP) is 4.60. The maximum atomic E-state index is 13.3. The second kappa shape index (κ2) is 17.7. The molecule has 0 saturated heterocycles. The summed E-state index contributed by atoms with van der Waals surface area (Å²) >= 11 is 0. The number of ether oxygens (including phenoxy) is 1. The largest absolute Gasteiger partial charge is 0.463 e. The molecule has 0 unspecified atom stereocenters. The number of rotatable bonds is 18. The zero-order chi connectivity index (χ0) is 29.3. The summed E-state index contributed by atoms with van der Waals surface area (Å²) in [7, 11) is 0. The quantitative estimate of drug-likeness (QED) is 0.208. The first-order valence-corrected chi connectivity index (χ1v) is 13.6. The van der Waals surface area contributed by atoms with E-state index in [1.165, 1.54) is 17.0 Å². The van der Waals surface area contributed by atoms with Crippen molar-refractivity contribution in [2.75, 3.05) is 19.8 Å². The normalized spacial score (nSPS) is 13.0. The van der Waals surface area contributed by atoms with E-state index in [1.807, 2.05) is 30.3 Å². The lowest BCUT2D eigenvalue weighted by molar-refractivity contribution is -0.150. The van der Waals surface area contributed by atoms with Gasteiger partial charge in [-0.2, -0.15) is 0 Å². The van der Waals surface area contributed by atoms with Crippen molar-refractivity contribution in [3.63, 3.8) is 0 Å². The van der Waals surface area contributed by atoms with Crippen LogP contribution in [0.2, 0.25) is 0 Å². The van der Waals surface area contributed by atoms with Crippen molar-refractivity contribution in [1.29, 1.82) is 0 Å². The number of carbonyl (C=O) groups excluding carboxylic acids is 3. The number of esters is 1. The summed E-state index contributed by atoms with van der Waals surface area (Å²) < 4.78 is 18.8. The molecule has 2 aromatic rings. The van der Waals surface area contributed by atoms with Crippen LogP contribution in [-0.2, 0) is 32.1 Å². The fourth-order valence-corrected chi connectivity index (χ4v) is 4.30. The summed E-state index contributed by atoms with van der Waals surface area (Å²) in [4.78, 5) is 40.5. The molecule has 0 fully saturated rings. The summed E-state index contributed by atoms with van der Waals surface area (Å²) in [6.45, 7) is 9.44. The first-order chi connectivity index (χ1) is 19.3. The number of nitrogens with one attached hydrogen (secondary N) is 1. The van der Waals surface area contributed by atoms with Crippen LogP contribution in [0.25, 0.3) is 0 Å². The molecule has 0 bridgehead atoms. The molecule has 8 heteroatoms. The Kier molecular flexibility index (Phi) is 14.4. The van der Waals surface area contributed by atoms with Crippen LogP contribution in [0.5, 0.6) is 0 Å². The highest BCUT2D eigenvalue weighted by molar-refractivity contribution is 5.86. The van der Waals surface area contributed by atoms with E-state index in [2.05, 4.69) is 18.5 Å². The van der Waals surface area contributed by atoms with Crippen LogP contribution >= 0.6 is 0 Å². The molecule has 0 spiro atoms. The Balaban J connectivity index is 1.94. The number of halogens is 1. The molecular weight excluding hydrogens is 511 g/mol. The summed E-state index contributed by atoms with van der Waals surface area (Å²) in [5.41, 5.74) is 1.75. The lowest BCUT2D eigenvalue weighted by Gasteiger charge is -2.25. The summed E-state index contributed by atoms with van der Waals surface area (Å²) in [5, 5.41) is 12.3.